The molecule has 0 aliphatic rings. The Labute approximate surface area is 231 Å². The van der Waals surface area contributed by atoms with Crippen molar-refractivity contribution in [2.24, 2.45) is 0 Å². The first-order chi connectivity index (χ1) is 19.5. The third-order valence-electron chi connectivity index (χ3n) is 5.66. The summed E-state index contributed by atoms with van der Waals surface area (Å²) in [6.07, 6.45) is 7.05. The highest BCUT2D eigenvalue weighted by Gasteiger charge is 2.17. The molecule has 0 atom stereocenters. The lowest BCUT2D eigenvalue weighted by Gasteiger charge is -2.09. The summed E-state index contributed by atoms with van der Waals surface area (Å²) in [6.45, 7) is 15.1. The molecule has 0 amide bonds. The number of H-pyrrole nitrogens is 3. The molecule has 6 aromatic heterocycles. The molecule has 6 rings (SSSR count). The third kappa shape index (κ3) is 5.90. The number of anilines is 2. The molecule has 0 aromatic carbocycles. The predicted molar refractivity (Wildman–Crippen MR) is 157 cm³/mol. The van der Waals surface area contributed by atoms with Crippen LogP contribution in [0.1, 0.15) is 54.5 Å². The summed E-state index contributed by atoms with van der Waals surface area (Å²) in [5, 5.41) is 41.9. The van der Waals surface area contributed by atoms with Crippen LogP contribution in [0.4, 0.5) is 11.6 Å². The summed E-state index contributed by atoms with van der Waals surface area (Å²) in [5.41, 5.74) is 4.82. The normalized spacial score (nSPS) is 10.9. The van der Waals surface area contributed by atoms with Gasteiger partial charge in [-0.1, -0.05) is 19.1 Å². The highest BCUT2D eigenvalue weighted by molar-refractivity contribution is 6.00. The lowest BCUT2D eigenvalue weighted by atomic mass is 10.2. The molecule has 0 fully saturated rings. The second kappa shape index (κ2) is 12.8. The Bertz CT molecular complexity index is 1620. The molecule has 0 radical (unpaired) electrons. The maximum atomic E-state index is 4.37. The van der Waals surface area contributed by atoms with E-state index in [0.29, 0.717) is 11.7 Å². The minimum atomic E-state index is 0.271. The maximum Gasteiger partial charge on any atom is 0.137 e. The van der Waals surface area contributed by atoms with Gasteiger partial charge in [0.15, 0.2) is 0 Å². The standard InChI is InChI=1S/C13H17N7.C11H13N7.C2H6/c1-4-14-13-11-9(5-6-15-13)16-18-12(11)10-7-20(8(2)3)19-17-10;1-6(2)14-11-9-7(3-4-12-11)15-17-10(9)8-5-13-18-16-8;1-2/h5-8H,4H2,1-3H3,(H,14,15)(H,16,18);3-6H,1-2H3,(H,12,14)(H,15,17)(H,13,16,18);1-2H3. The van der Waals surface area contributed by atoms with Crippen molar-refractivity contribution in [2.45, 2.75) is 60.5 Å². The van der Waals surface area contributed by atoms with Gasteiger partial charge in [0, 0.05) is 31.0 Å². The molecule has 0 spiro atoms. The number of fused-ring (bicyclic) bond motifs is 2. The Morgan fingerprint density at radius 2 is 1.48 bits per heavy atom. The zero-order valence-electron chi connectivity index (χ0n) is 23.9. The van der Waals surface area contributed by atoms with Crippen molar-refractivity contribution in [1.82, 2.24) is 60.8 Å². The second-order valence-corrected chi connectivity index (χ2v) is 9.17. The van der Waals surface area contributed by atoms with E-state index in [1.165, 1.54) is 0 Å². The average molecular weight is 545 g/mol. The molecule has 210 valence electrons. The molecule has 40 heavy (non-hydrogen) atoms. The number of aromatic nitrogens is 12. The average Bonchev–Trinajstić information content (AvgIpc) is 3.76. The van der Waals surface area contributed by atoms with Crippen LogP contribution < -0.4 is 10.6 Å². The highest BCUT2D eigenvalue weighted by Crippen LogP contribution is 2.30. The van der Waals surface area contributed by atoms with Crippen molar-refractivity contribution in [3.05, 3.63) is 36.9 Å². The van der Waals surface area contributed by atoms with E-state index in [1.54, 1.807) is 18.6 Å². The zero-order chi connectivity index (χ0) is 28.6. The highest BCUT2D eigenvalue weighted by atomic mass is 15.4. The molecule has 0 bridgehead atoms. The van der Waals surface area contributed by atoms with Crippen LogP contribution in [0.25, 0.3) is 44.6 Å². The number of pyridine rings is 2. The van der Waals surface area contributed by atoms with Gasteiger partial charge < -0.3 is 10.6 Å². The van der Waals surface area contributed by atoms with Crippen molar-refractivity contribution in [3.8, 4) is 22.8 Å². The lowest BCUT2D eigenvalue weighted by Crippen LogP contribution is -2.11. The number of aromatic amines is 3. The molecule has 14 nitrogen and oxygen atoms in total. The molecule has 5 N–H and O–H groups in total. The number of hydrogen-bond acceptors (Lipinski definition) is 10. The topological polar surface area (TPSA) is 179 Å². The van der Waals surface area contributed by atoms with Gasteiger partial charge in [-0.15, -0.1) is 5.10 Å². The number of hydrogen-bond donors (Lipinski definition) is 5. The van der Waals surface area contributed by atoms with Gasteiger partial charge in [0.1, 0.15) is 34.4 Å². The van der Waals surface area contributed by atoms with Crippen LogP contribution in [0.5, 0.6) is 0 Å². The first kappa shape index (κ1) is 28.1. The van der Waals surface area contributed by atoms with Crippen molar-refractivity contribution >= 4 is 33.4 Å². The van der Waals surface area contributed by atoms with E-state index < -0.39 is 0 Å². The minimum absolute atomic E-state index is 0.271. The Kier molecular flexibility index (Phi) is 8.99. The summed E-state index contributed by atoms with van der Waals surface area (Å²) in [5.74, 6) is 1.61. The largest absolute Gasteiger partial charge is 0.370 e. The van der Waals surface area contributed by atoms with Crippen molar-refractivity contribution in [1.29, 1.82) is 0 Å². The summed E-state index contributed by atoms with van der Waals surface area (Å²) < 4.78 is 1.82. The maximum absolute atomic E-state index is 4.37. The van der Waals surface area contributed by atoms with Gasteiger partial charge in [-0.2, -0.15) is 25.6 Å². The van der Waals surface area contributed by atoms with E-state index >= 15 is 0 Å². The molecule has 6 heterocycles. The van der Waals surface area contributed by atoms with Gasteiger partial charge in [0.05, 0.1) is 34.2 Å². The quantitative estimate of drug-likeness (QED) is 0.187. The molecule has 6 aromatic rings. The van der Waals surface area contributed by atoms with Crippen LogP contribution in [-0.4, -0.2) is 73.4 Å². The smallest absolute Gasteiger partial charge is 0.137 e. The first-order valence-corrected chi connectivity index (χ1v) is 13.4. The third-order valence-corrected chi connectivity index (χ3v) is 5.66. The van der Waals surface area contributed by atoms with E-state index in [0.717, 1.165) is 57.1 Å². The lowest BCUT2D eigenvalue weighted by molar-refractivity contribution is 0.514. The van der Waals surface area contributed by atoms with E-state index in [-0.39, 0.29) is 6.04 Å². The van der Waals surface area contributed by atoms with Crippen LogP contribution in [0, 0.1) is 0 Å². The summed E-state index contributed by atoms with van der Waals surface area (Å²) in [6, 6.07) is 4.35. The van der Waals surface area contributed by atoms with Crippen LogP contribution in [0.2, 0.25) is 0 Å². The number of rotatable bonds is 7. The van der Waals surface area contributed by atoms with Gasteiger partial charge in [-0.3, -0.25) is 10.2 Å². The Morgan fingerprint density at radius 3 is 2.02 bits per heavy atom. The molecular formula is C26H36N14. The molecule has 0 aliphatic heterocycles. The van der Waals surface area contributed by atoms with E-state index in [2.05, 4.69) is 94.4 Å². The van der Waals surface area contributed by atoms with E-state index in [1.807, 2.05) is 43.8 Å². The molecule has 0 unspecified atom stereocenters. The van der Waals surface area contributed by atoms with E-state index in [9.17, 15) is 0 Å². The Hall–Kier alpha value is -4.88. The number of nitrogens with zero attached hydrogens (tertiary/aromatic N) is 9. The second-order valence-electron chi connectivity index (χ2n) is 9.17. The predicted octanol–water partition coefficient (Wildman–Crippen LogP) is 4.82. The Morgan fingerprint density at radius 1 is 0.850 bits per heavy atom. The Balaban J connectivity index is 0.000000175. The SMILES string of the molecule is CC.CC(C)Nc1nccc2[nH]nc(-c3cn[nH]n3)c12.CCNc1nccc2[nH]nc(-c3cn(C(C)C)nn3)c12. The van der Waals surface area contributed by atoms with Crippen LogP contribution in [0.15, 0.2) is 36.9 Å². The molecule has 0 saturated carbocycles. The monoisotopic (exact) mass is 544 g/mol. The minimum Gasteiger partial charge on any atom is -0.370 e. The molecule has 0 saturated heterocycles. The summed E-state index contributed by atoms with van der Waals surface area (Å²) >= 11 is 0. The van der Waals surface area contributed by atoms with Crippen molar-refractivity contribution in [3.63, 3.8) is 0 Å². The van der Waals surface area contributed by atoms with Crippen molar-refractivity contribution < 1.29 is 0 Å². The van der Waals surface area contributed by atoms with Gasteiger partial charge in [0.2, 0.25) is 0 Å². The van der Waals surface area contributed by atoms with Gasteiger partial charge in [0.25, 0.3) is 0 Å². The van der Waals surface area contributed by atoms with Crippen LogP contribution in [-0.2, 0) is 0 Å². The van der Waals surface area contributed by atoms with Gasteiger partial charge in [-0.25, -0.2) is 14.6 Å². The summed E-state index contributed by atoms with van der Waals surface area (Å²) in [4.78, 5) is 8.73. The fourth-order valence-corrected chi connectivity index (χ4v) is 3.94. The van der Waals surface area contributed by atoms with Gasteiger partial charge >= 0.3 is 0 Å². The first-order valence-electron chi connectivity index (χ1n) is 13.4. The van der Waals surface area contributed by atoms with Crippen LogP contribution >= 0.6 is 0 Å². The van der Waals surface area contributed by atoms with Gasteiger partial charge in [-0.05, 0) is 46.8 Å². The summed E-state index contributed by atoms with van der Waals surface area (Å²) in [7, 11) is 0. The zero-order valence-corrected chi connectivity index (χ0v) is 23.9. The molecular weight excluding hydrogens is 508 g/mol. The fraction of sp³-hybridized carbons (Fsp3) is 0.385. The molecule has 0 aliphatic carbocycles. The molecule has 14 heteroatoms. The fourth-order valence-electron chi connectivity index (χ4n) is 3.94. The number of nitrogens with one attached hydrogen (secondary N) is 5. The van der Waals surface area contributed by atoms with Crippen molar-refractivity contribution in [2.75, 3.05) is 17.2 Å². The van der Waals surface area contributed by atoms with E-state index in [4.69, 9.17) is 0 Å². The van der Waals surface area contributed by atoms with Crippen LogP contribution in [0.3, 0.4) is 0 Å².